The molecule has 0 saturated heterocycles. The van der Waals surface area contributed by atoms with Crippen molar-refractivity contribution in [2.45, 2.75) is 12.5 Å². The van der Waals surface area contributed by atoms with Gasteiger partial charge in [0.1, 0.15) is 0 Å². The van der Waals surface area contributed by atoms with Crippen molar-refractivity contribution in [3.8, 4) is 0 Å². The molecule has 0 saturated carbocycles. The van der Waals surface area contributed by atoms with Gasteiger partial charge in [-0.05, 0) is 53.6 Å². The van der Waals surface area contributed by atoms with Crippen LogP contribution >= 0.6 is 0 Å². The fourth-order valence-corrected chi connectivity index (χ4v) is 3.82. The SMILES string of the molecule is CN(C)c1ccc(C=CC2=NN(c3ccccc3)C(C=Cc3ccc(N(C)C)cc3)C2)cc1. The molecule has 0 fully saturated rings. The van der Waals surface area contributed by atoms with E-state index in [1.54, 1.807) is 0 Å². The summed E-state index contributed by atoms with van der Waals surface area (Å²) in [6.07, 6.45) is 9.61. The number of rotatable bonds is 7. The van der Waals surface area contributed by atoms with Crippen molar-refractivity contribution in [2.24, 2.45) is 5.10 Å². The highest BCUT2D eigenvalue weighted by Gasteiger charge is 2.24. The van der Waals surface area contributed by atoms with E-state index < -0.39 is 0 Å². The third-order valence-electron chi connectivity index (χ3n) is 5.79. The van der Waals surface area contributed by atoms with Gasteiger partial charge in [-0.15, -0.1) is 0 Å². The highest BCUT2D eigenvalue weighted by Crippen LogP contribution is 2.27. The fourth-order valence-electron chi connectivity index (χ4n) is 3.82. The van der Waals surface area contributed by atoms with Crippen LogP contribution in [0.4, 0.5) is 17.1 Å². The zero-order valence-corrected chi connectivity index (χ0v) is 19.9. The van der Waals surface area contributed by atoms with Crippen LogP contribution in [0, 0.1) is 0 Å². The number of para-hydroxylation sites is 1. The van der Waals surface area contributed by atoms with Gasteiger partial charge in [-0.2, -0.15) is 5.10 Å². The molecule has 0 aromatic heterocycles. The normalized spacial score (nSPS) is 15.9. The highest BCUT2D eigenvalue weighted by atomic mass is 15.5. The molecule has 1 aliphatic rings. The Labute approximate surface area is 197 Å². The molecule has 4 nitrogen and oxygen atoms in total. The molecule has 3 aromatic carbocycles. The Morgan fingerprint density at radius 1 is 0.697 bits per heavy atom. The average molecular weight is 437 g/mol. The summed E-state index contributed by atoms with van der Waals surface area (Å²) >= 11 is 0. The molecule has 0 amide bonds. The van der Waals surface area contributed by atoms with Crippen molar-refractivity contribution >= 4 is 34.9 Å². The van der Waals surface area contributed by atoms with Crippen molar-refractivity contribution < 1.29 is 0 Å². The quantitative estimate of drug-likeness (QED) is 0.441. The molecule has 0 aliphatic carbocycles. The molecule has 0 radical (unpaired) electrons. The Morgan fingerprint density at radius 3 is 1.79 bits per heavy atom. The van der Waals surface area contributed by atoms with Crippen LogP contribution in [0.5, 0.6) is 0 Å². The molecular formula is C29H32N4. The highest BCUT2D eigenvalue weighted by molar-refractivity contribution is 6.01. The largest absolute Gasteiger partial charge is 0.378 e. The average Bonchev–Trinajstić information content (AvgIpc) is 3.25. The molecule has 4 heteroatoms. The predicted octanol–water partition coefficient (Wildman–Crippen LogP) is 6.18. The summed E-state index contributed by atoms with van der Waals surface area (Å²) in [7, 11) is 8.23. The molecule has 0 N–H and O–H groups in total. The van der Waals surface area contributed by atoms with Crippen LogP contribution in [0.25, 0.3) is 12.2 Å². The van der Waals surface area contributed by atoms with Crippen LogP contribution in [0.1, 0.15) is 17.5 Å². The van der Waals surface area contributed by atoms with Gasteiger partial charge in [-0.3, -0.25) is 5.01 Å². The van der Waals surface area contributed by atoms with Gasteiger partial charge in [0.15, 0.2) is 0 Å². The van der Waals surface area contributed by atoms with E-state index in [2.05, 4.69) is 140 Å². The van der Waals surface area contributed by atoms with Crippen molar-refractivity contribution in [3.05, 3.63) is 102 Å². The lowest BCUT2D eigenvalue weighted by Crippen LogP contribution is -2.23. The summed E-state index contributed by atoms with van der Waals surface area (Å²) in [6, 6.07) is 27.7. The second-order valence-corrected chi connectivity index (χ2v) is 8.71. The number of allylic oxidation sites excluding steroid dienone is 1. The van der Waals surface area contributed by atoms with Crippen LogP contribution in [0.15, 0.2) is 96.1 Å². The molecule has 1 heterocycles. The van der Waals surface area contributed by atoms with E-state index in [0.29, 0.717) is 0 Å². The zero-order valence-electron chi connectivity index (χ0n) is 19.9. The maximum atomic E-state index is 4.95. The summed E-state index contributed by atoms with van der Waals surface area (Å²) in [6.45, 7) is 0. The third kappa shape index (κ3) is 5.72. The van der Waals surface area contributed by atoms with E-state index in [9.17, 15) is 0 Å². The minimum Gasteiger partial charge on any atom is -0.378 e. The lowest BCUT2D eigenvalue weighted by molar-refractivity contribution is 0.791. The Kier molecular flexibility index (Phi) is 6.94. The first-order valence-electron chi connectivity index (χ1n) is 11.3. The second-order valence-electron chi connectivity index (χ2n) is 8.71. The van der Waals surface area contributed by atoms with Gasteiger partial charge >= 0.3 is 0 Å². The molecule has 0 spiro atoms. The minimum absolute atomic E-state index is 0.177. The first-order valence-corrected chi connectivity index (χ1v) is 11.3. The van der Waals surface area contributed by atoms with Crippen LogP contribution < -0.4 is 14.8 Å². The van der Waals surface area contributed by atoms with E-state index in [0.717, 1.165) is 17.8 Å². The molecule has 4 rings (SSSR count). The maximum Gasteiger partial charge on any atom is 0.0765 e. The number of hydrogen-bond acceptors (Lipinski definition) is 4. The van der Waals surface area contributed by atoms with Gasteiger partial charge in [-0.25, -0.2) is 0 Å². The first-order chi connectivity index (χ1) is 16.0. The number of anilines is 3. The Balaban J connectivity index is 1.52. The smallest absolute Gasteiger partial charge is 0.0765 e. The van der Waals surface area contributed by atoms with Gasteiger partial charge in [0.2, 0.25) is 0 Å². The van der Waals surface area contributed by atoms with Crippen molar-refractivity contribution in [3.63, 3.8) is 0 Å². The Morgan fingerprint density at radius 2 is 1.24 bits per heavy atom. The lowest BCUT2D eigenvalue weighted by atomic mass is 10.1. The number of nitrogens with zero attached hydrogens (tertiary/aromatic N) is 4. The molecule has 0 bridgehead atoms. The van der Waals surface area contributed by atoms with E-state index in [4.69, 9.17) is 5.10 Å². The lowest BCUT2D eigenvalue weighted by Gasteiger charge is -2.20. The Hall–Kier alpha value is -3.79. The molecule has 33 heavy (non-hydrogen) atoms. The molecular weight excluding hydrogens is 404 g/mol. The number of benzene rings is 3. The van der Waals surface area contributed by atoms with E-state index in [1.807, 2.05) is 6.07 Å². The van der Waals surface area contributed by atoms with Crippen molar-refractivity contribution in [1.82, 2.24) is 0 Å². The molecule has 1 unspecified atom stereocenters. The molecule has 3 aromatic rings. The standard InChI is InChI=1S/C29H32N4/c1-31(2)26-17-11-23(12-18-26)10-16-25-22-29(33(30-25)28-8-6-5-7-9-28)21-15-24-13-19-27(20-14-24)32(3)4/h5-21,29H,22H2,1-4H3. The van der Waals surface area contributed by atoms with Gasteiger partial charge in [0.05, 0.1) is 17.4 Å². The summed E-state index contributed by atoms with van der Waals surface area (Å²) < 4.78 is 0. The predicted molar refractivity (Wildman–Crippen MR) is 144 cm³/mol. The molecule has 1 aliphatic heterocycles. The summed E-state index contributed by atoms with van der Waals surface area (Å²) in [5.41, 5.74) is 6.95. The monoisotopic (exact) mass is 436 g/mol. The number of hydrogen-bond donors (Lipinski definition) is 0. The van der Waals surface area contributed by atoms with Gasteiger partial charge in [0, 0.05) is 46.0 Å². The third-order valence-corrected chi connectivity index (χ3v) is 5.79. The van der Waals surface area contributed by atoms with E-state index >= 15 is 0 Å². The van der Waals surface area contributed by atoms with Crippen molar-refractivity contribution in [1.29, 1.82) is 0 Å². The van der Waals surface area contributed by atoms with Gasteiger partial charge < -0.3 is 9.80 Å². The fraction of sp³-hybridized carbons (Fsp3) is 0.207. The summed E-state index contributed by atoms with van der Waals surface area (Å²) in [4.78, 5) is 4.22. The molecule has 1 atom stereocenters. The second kappa shape index (κ2) is 10.2. The van der Waals surface area contributed by atoms with Crippen LogP contribution in [0.3, 0.4) is 0 Å². The zero-order chi connectivity index (χ0) is 23.2. The maximum absolute atomic E-state index is 4.95. The summed E-state index contributed by atoms with van der Waals surface area (Å²) in [5.74, 6) is 0. The van der Waals surface area contributed by atoms with Crippen LogP contribution in [-0.2, 0) is 0 Å². The first kappa shape index (κ1) is 22.4. The summed E-state index contributed by atoms with van der Waals surface area (Å²) in [5, 5.41) is 7.07. The van der Waals surface area contributed by atoms with E-state index in [-0.39, 0.29) is 6.04 Å². The minimum atomic E-state index is 0.177. The van der Waals surface area contributed by atoms with Gasteiger partial charge in [0.25, 0.3) is 0 Å². The topological polar surface area (TPSA) is 22.1 Å². The van der Waals surface area contributed by atoms with E-state index in [1.165, 1.54) is 22.5 Å². The van der Waals surface area contributed by atoms with Crippen molar-refractivity contribution in [2.75, 3.05) is 43.0 Å². The Bertz CT molecular complexity index is 1120. The van der Waals surface area contributed by atoms with Crippen LogP contribution in [-0.4, -0.2) is 39.9 Å². The van der Waals surface area contributed by atoms with Crippen LogP contribution in [0.2, 0.25) is 0 Å². The van der Waals surface area contributed by atoms with Gasteiger partial charge in [-0.1, -0.05) is 60.7 Å². The number of hydrazone groups is 1. The molecule has 168 valence electrons.